The highest BCUT2D eigenvalue weighted by Crippen LogP contribution is 2.50. The normalized spacial score (nSPS) is 20.1. The van der Waals surface area contributed by atoms with Crippen molar-refractivity contribution in [3.8, 4) is 5.75 Å². The van der Waals surface area contributed by atoms with Crippen LogP contribution in [0.1, 0.15) is 39.4 Å². The van der Waals surface area contributed by atoms with Crippen molar-refractivity contribution in [2.75, 3.05) is 7.11 Å². The molecule has 1 saturated carbocycles. The number of carbonyl (C=O) groups excluding carboxylic acids is 1. The van der Waals surface area contributed by atoms with Crippen LogP contribution in [0, 0.1) is 19.8 Å². The summed E-state index contributed by atoms with van der Waals surface area (Å²) in [5.41, 5.74) is 4.34. The molecule has 2 aromatic rings. The fourth-order valence-corrected chi connectivity index (χ4v) is 2.97. The van der Waals surface area contributed by atoms with E-state index >= 15 is 0 Å². The van der Waals surface area contributed by atoms with Crippen LogP contribution in [0.2, 0.25) is 0 Å². The maximum atomic E-state index is 12.7. The van der Waals surface area contributed by atoms with Gasteiger partial charge >= 0.3 is 0 Å². The number of hydrogen-bond acceptors (Lipinski definition) is 2. The van der Waals surface area contributed by atoms with E-state index in [0.717, 1.165) is 17.5 Å². The molecule has 108 valence electrons. The fourth-order valence-electron chi connectivity index (χ4n) is 2.97. The second-order valence-corrected chi connectivity index (χ2v) is 5.93. The molecule has 1 fully saturated rings. The third-order valence-corrected chi connectivity index (χ3v) is 4.22. The van der Waals surface area contributed by atoms with Gasteiger partial charge in [0.05, 0.1) is 12.7 Å². The van der Waals surface area contributed by atoms with Crippen LogP contribution < -0.4 is 4.74 Å². The number of ether oxygens (including phenoxy) is 1. The summed E-state index contributed by atoms with van der Waals surface area (Å²) < 4.78 is 5.34. The number of rotatable bonds is 4. The topological polar surface area (TPSA) is 26.3 Å². The predicted molar refractivity (Wildman–Crippen MR) is 84.1 cm³/mol. The zero-order valence-corrected chi connectivity index (χ0v) is 12.7. The van der Waals surface area contributed by atoms with E-state index in [1.807, 2.05) is 25.1 Å². The maximum Gasteiger partial charge on any atom is 0.170 e. The van der Waals surface area contributed by atoms with Gasteiger partial charge in [-0.15, -0.1) is 0 Å². The van der Waals surface area contributed by atoms with Crippen LogP contribution in [0.3, 0.4) is 0 Å². The SMILES string of the molecule is COc1ccc(C)cc1C(=O)C1CC1c1cccc(C)c1. The first-order valence-electron chi connectivity index (χ1n) is 7.35. The van der Waals surface area contributed by atoms with Crippen molar-refractivity contribution in [3.63, 3.8) is 0 Å². The van der Waals surface area contributed by atoms with Crippen molar-refractivity contribution >= 4 is 5.78 Å². The van der Waals surface area contributed by atoms with E-state index < -0.39 is 0 Å². The van der Waals surface area contributed by atoms with E-state index in [1.165, 1.54) is 11.1 Å². The lowest BCUT2D eigenvalue weighted by atomic mass is 10.00. The average molecular weight is 280 g/mol. The third kappa shape index (κ3) is 2.71. The highest BCUT2D eigenvalue weighted by Gasteiger charge is 2.44. The first-order chi connectivity index (χ1) is 10.1. The molecule has 0 aromatic heterocycles. The quantitative estimate of drug-likeness (QED) is 0.781. The van der Waals surface area contributed by atoms with Crippen molar-refractivity contribution in [3.05, 3.63) is 64.7 Å². The van der Waals surface area contributed by atoms with Gasteiger partial charge < -0.3 is 4.74 Å². The molecule has 0 aliphatic heterocycles. The van der Waals surface area contributed by atoms with Crippen LogP contribution in [0.15, 0.2) is 42.5 Å². The minimum absolute atomic E-state index is 0.0995. The molecule has 0 radical (unpaired) electrons. The van der Waals surface area contributed by atoms with Crippen molar-refractivity contribution in [1.82, 2.24) is 0 Å². The highest BCUT2D eigenvalue weighted by atomic mass is 16.5. The highest BCUT2D eigenvalue weighted by molar-refractivity contribution is 6.02. The van der Waals surface area contributed by atoms with Crippen molar-refractivity contribution in [1.29, 1.82) is 0 Å². The van der Waals surface area contributed by atoms with E-state index in [2.05, 4.69) is 31.2 Å². The van der Waals surface area contributed by atoms with E-state index in [9.17, 15) is 4.79 Å². The third-order valence-electron chi connectivity index (χ3n) is 4.22. The standard InChI is InChI=1S/C19H20O2/c1-12-5-4-6-14(9-12)15-11-16(15)19(20)17-10-13(2)7-8-18(17)21-3/h4-10,15-16H,11H2,1-3H3. The summed E-state index contributed by atoms with van der Waals surface area (Å²) >= 11 is 0. The Kier molecular flexibility index (Phi) is 3.54. The van der Waals surface area contributed by atoms with Crippen LogP contribution in [0.5, 0.6) is 5.75 Å². The minimum Gasteiger partial charge on any atom is -0.496 e. The van der Waals surface area contributed by atoms with E-state index in [0.29, 0.717) is 11.7 Å². The Morgan fingerprint density at radius 3 is 2.57 bits per heavy atom. The van der Waals surface area contributed by atoms with Crippen LogP contribution in [-0.2, 0) is 0 Å². The number of aryl methyl sites for hydroxylation is 2. The molecule has 0 saturated heterocycles. The Morgan fingerprint density at radius 2 is 1.86 bits per heavy atom. The number of hydrogen-bond donors (Lipinski definition) is 0. The lowest BCUT2D eigenvalue weighted by Gasteiger charge is -2.08. The summed E-state index contributed by atoms with van der Waals surface area (Å²) in [6.07, 6.45) is 0.944. The zero-order valence-electron chi connectivity index (χ0n) is 12.7. The number of ketones is 1. The lowest BCUT2D eigenvalue weighted by molar-refractivity contribution is 0.0962. The molecule has 0 heterocycles. The molecule has 21 heavy (non-hydrogen) atoms. The maximum absolute atomic E-state index is 12.7. The van der Waals surface area contributed by atoms with Crippen LogP contribution >= 0.6 is 0 Å². The molecule has 1 aliphatic rings. The van der Waals surface area contributed by atoms with Gasteiger partial charge in [-0.2, -0.15) is 0 Å². The van der Waals surface area contributed by atoms with Crippen LogP contribution in [-0.4, -0.2) is 12.9 Å². The van der Waals surface area contributed by atoms with Gasteiger partial charge in [-0.1, -0.05) is 41.5 Å². The second-order valence-electron chi connectivity index (χ2n) is 5.93. The Morgan fingerprint density at radius 1 is 1.10 bits per heavy atom. The van der Waals surface area contributed by atoms with Crippen molar-refractivity contribution in [2.24, 2.45) is 5.92 Å². The lowest BCUT2D eigenvalue weighted by Crippen LogP contribution is -2.06. The van der Waals surface area contributed by atoms with E-state index in [1.54, 1.807) is 7.11 Å². The summed E-state index contributed by atoms with van der Waals surface area (Å²) in [6.45, 7) is 4.09. The molecule has 2 aromatic carbocycles. The molecule has 2 atom stereocenters. The predicted octanol–water partition coefficient (Wildman–Crippen LogP) is 4.30. The second kappa shape index (κ2) is 5.36. The number of Topliss-reactive ketones (excluding diaryl/α,β-unsaturated/α-hetero) is 1. The van der Waals surface area contributed by atoms with Crippen molar-refractivity contribution < 1.29 is 9.53 Å². The molecule has 1 aliphatic carbocycles. The Bertz CT molecular complexity index is 688. The Hall–Kier alpha value is -2.09. The van der Waals surface area contributed by atoms with Gasteiger partial charge in [0.1, 0.15) is 5.75 Å². The smallest absolute Gasteiger partial charge is 0.170 e. The summed E-state index contributed by atoms with van der Waals surface area (Å²) in [6, 6.07) is 14.3. The van der Waals surface area contributed by atoms with Gasteiger partial charge in [0, 0.05) is 5.92 Å². The first kappa shape index (κ1) is 13.9. The molecular weight excluding hydrogens is 260 g/mol. The molecule has 0 amide bonds. The first-order valence-corrected chi connectivity index (χ1v) is 7.35. The van der Waals surface area contributed by atoms with Crippen LogP contribution in [0.4, 0.5) is 0 Å². The molecule has 2 nitrogen and oxygen atoms in total. The average Bonchev–Trinajstić information content (AvgIpc) is 3.27. The molecule has 0 bridgehead atoms. The number of benzene rings is 2. The van der Waals surface area contributed by atoms with E-state index in [-0.39, 0.29) is 11.7 Å². The van der Waals surface area contributed by atoms with Gasteiger partial charge in [-0.25, -0.2) is 0 Å². The Balaban J connectivity index is 1.84. The molecule has 2 heteroatoms. The molecule has 0 N–H and O–H groups in total. The molecule has 3 rings (SSSR count). The van der Waals surface area contributed by atoms with Crippen molar-refractivity contribution in [2.45, 2.75) is 26.2 Å². The zero-order chi connectivity index (χ0) is 15.0. The summed E-state index contributed by atoms with van der Waals surface area (Å²) in [4.78, 5) is 12.7. The summed E-state index contributed by atoms with van der Waals surface area (Å²) in [5.74, 6) is 1.35. The fraction of sp³-hybridized carbons (Fsp3) is 0.316. The van der Waals surface area contributed by atoms with E-state index in [4.69, 9.17) is 4.74 Å². The number of methoxy groups -OCH3 is 1. The minimum atomic E-state index is 0.0995. The van der Waals surface area contributed by atoms with Gasteiger partial charge in [-0.05, 0) is 43.9 Å². The number of carbonyl (C=O) groups is 1. The molecule has 0 spiro atoms. The largest absolute Gasteiger partial charge is 0.496 e. The Labute approximate surface area is 125 Å². The summed E-state index contributed by atoms with van der Waals surface area (Å²) in [7, 11) is 1.62. The van der Waals surface area contributed by atoms with Gasteiger partial charge in [-0.3, -0.25) is 4.79 Å². The van der Waals surface area contributed by atoms with Gasteiger partial charge in [0.2, 0.25) is 0 Å². The van der Waals surface area contributed by atoms with Gasteiger partial charge in [0.25, 0.3) is 0 Å². The van der Waals surface area contributed by atoms with Gasteiger partial charge in [0.15, 0.2) is 5.78 Å². The monoisotopic (exact) mass is 280 g/mol. The van der Waals surface area contributed by atoms with Crippen LogP contribution in [0.25, 0.3) is 0 Å². The molecule has 2 unspecified atom stereocenters. The summed E-state index contributed by atoms with van der Waals surface area (Å²) in [5, 5.41) is 0. The molecular formula is C19H20O2.